The van der Waals surface area contributed by atoms with E-state index in [9.17, 15) is 4.79 Å². The van der Waals surface area contributed by atoms with Gasteiger partial charge in [-0.2, -0.15) is 0 Å². The van der Waals surface area contributed by atoms with Crippen molar-refractivity contribution in [2.24, 2.45) is 11.7 Å². The van der Waals surface area contributed by atoms with Crippen LogP contribution in [0.3, 0.4) is 0 Å². The summed E-state index contributed by atoms with van der Waals surface area (Å²) in [5.74, 6) is 0.391. The van der Waals surface area contributed by atoms with Crippen molar-refractivity contribution < 1.29 is 4.79 Å². The second-order valence-corrected chi connectivity index (χ2v) is 7.16. The SMILES string of the molecule is Cc1nc(-c2ccccc2)sc1C(=O)NC1CCCCC1CN. The highest BCUT2D eigenvalue weighted by atomic mass is 32.1. The summed E-state index contributed by atoms with van der Waals surface area (Å²) in [6.07, 6.45) is 4.51. The molecule has 4 nitrogen and oxygen atoms in total. The lowest BCUT2D eigenvalue weighted by Crippen LogP contribution is -2.44. The summed E-state index contributed by atoms with van der Waals surface area (Å²) in [6.45, 7) is 2.54. The van der Waals surface area contributed by atoms with E-state index in [2.05, 4.69) is 10.3 Å². The molecule has 1 aliphatic rings. The summed E-state index contributed by atoms with van der Waals surface area (Å²) in [5.41, 5.74) is 7.71. The minimum atomic E-state index is -0.00692. The van der Waals surface area contributed by atoms with Crippen LogP contribution in [-0.2, 0) is 0 Å². The molecule has 1 amide bonds. The van der Waals surface area contributed by atoms with E-state index >= 15 is 0 Å². The van der Waals surface area contributed by atoms with Gasteiger partial charge in [-0.05, 0) is 32.2 Å². The highest BCUT2D eigenvalue weighted by Gasteiger charge is 2.27. The lowest BCUT2D eigenvalue weighted by molar-refractivity contribution is 0.0911. The van der Waals surface area contributed by atoms with E-state index in [4.69, 9.17) is 5.73 Å². The zero-order valence-electron chi connectivity index (χ0n) is 13.4. The Morgan fingerprint density at radius 2 is 2.04 bits per heavy atom. The molecule has 1 saturated carbocycles. The Balaban J connectivity index is 1.76. The largest absolute Gasteiger partial charge is 0.348 e. The number of amides is 1. The van der Waals surface area contributed by atoms with Crippen LogP contribution < -0.4 is 11.1 Å². The van der Waals surface area contributed by atoms with Crippen LogP contribution in [-0.4, -0.2) is 23.5 Å². The fourth-order valence-corrected chi connectivity index (χ4v) is 4.20. The van der Waals surface area contributed by atoms with Gasteiger partial charge >= 0.3 is 0 Å². The van der Waals surface area contributed by atoms with Crippen LogP contribution in [0.15, 0.2) is 30.3 Å². The lowest BCUT2D eigenvalue weighted by Gasteiger charge is -2.31. The maximum Gasteiger partial charge on any atom is 0.263 e. The molecule has 1 heterocycles. The van der Waals surface area contributed by atoms with Gasteiger partial charge in [-0.3, -0.25) is 4.79 Å². The molecule has 122 valence electrons. The highest BCUT2D eigenvalue weighted by molar-refractivity contribution is 7.17. The Morgan fingerprint density at radius 3 is 2.78 bits per heavy atom. The smallest absolute Gasteiger partial charge is 0.263 e. The first-order chi connectivity index (χ1) is 11.2. The minimum Gasteiger partial charge on any atom is -0.348 e. The number of rotatable bonds is 4. The lowest BCUT2D eigenvalue weighted by atomic mass is 9.84. The zero-order valence-corrected chi connectivity index (χ0v) is 14.2. The van der Waals surface area contributed by atoms with Gasteiger partial charge in [0.05, 0.1) is 5.69 Å². The van der Waals surface area contributed by atoms with Crippen molar-refractivity contribution in [1.82, 2.24) is 10.3 Å². The number of nitrogens with zero attached hydrogens (tertiary/aromatic N) is 1. The summed E-state index contributed by atoms with van der Waals surface area (Å²) in [4.78, 5) is 17.9. The predicted molar refractivity (Wildman–Crippen MR) is 94.6 cm³/mol. The van der Waals surface area contributed by atoms with E-state index in [0.29, 0.717) is 17.3 Å². The van der Waals surface area contributed by atoms with Crippen molar-refractivity contribution in [3.63, 3.8) is 0 Å². The molecular weight excluding hydrogens is 306 g/mol. The number of nitrogens with two attached hydrogens (primary N) is 1. The van der Waals surface area contributed by atoms with E-state index in [1.807, 2.05) is 37.3 Å². The molecular formula is C18H23N3OS. The maximum absolute atomic E-state index is 12.7. The average molecular weight is 329 g/mol. The van der Waals surface area contributed by atoms with E-state index in [1.54, 1.807) is 0 Å². The van der Waals surface area contributed by atoms with Crippen LogP contribution in [0.25, 0.3) is 10.6 Å². The quantitative estimate of drug-likeness (QED) is 0.903. The van der Waals surface area contributed by atoms with Gasteiger partial charge in [0.1, 0.15) is 9.88 Å². The number of aromatic nitrogens is 1. The van der Waals surface area contributed by atoms with Gasteiger partial charge in [-0.25, -0.2) is 4.98 Å². The molecule has 0 radical (unpaired) electrons. The van der Waals surface area contributed by atoms with Crippen molar-refractivity contribution in [3.05, 3.63) is 40.9 Å². The Hall–Kier alpha value is -1.72. The molecule has 2 unspecified atom stereocenters. The summed E-state index contributed by atoms with van der Waals surface area (Å²) in [5, 5.41) is 4.09. The Morgan fingerprint density at radius 1 is 1.30 bits per heavy atom. The number of thiazole rings is 1. The van der Waals surface area contributed by atoms with Crippen molar-refractivity contribution in [1.29, 1.82) is 0 Å². The van der Waals surface area contributed by atoms with Crippen LogP contribution in [0.2, 0.25) is 0 Å². The molecule has 1 aliphatic carbocycles. The van der Waals surface area contributed by atoms with Crippen LogP contribution in [0, 0.1) is 12.8 Å². The highest BCUT2D eigenvalue weighted by Crippen LogP contribution is 2.29. The van der Waals surface area contributed by atoms with Crippen LogP contribution in [0.1, 0.15) is 41.0 Å². The fraction of sp³-hybridized carbons (Fsp3) is 0.444. The first-order valence-electron chi connectivity index (χ1n) is 8.23. The van der Waals surface area contributed by atoms with Crippen molar-refractivity contribution >= 4 is 17.2 Å². The molecule has 0 aliphatic heterocycles. The average Bonchev–Trinajstić information content (AvgIpc) is 2.98. The summed E-state index contributed by atoms with van der Waals surface area (Å²) in [7, 11) is 0. The monoisotopic (exact) mass is 329 g/mol. The normalized spacial score (nSPS) is 21.1. The maximum atomic E-state index is 12.7. The van der Waals surface area contributed by atoms with Gasteiger partial charge in [0, 0.05) is 11.6 Å². The topological polar surface area (TPSA) is 68.0 Å². The molecule has 5 heteroatoms. The Bertz CT molecular complexity index is 668. The van der Waals surface area contributed by atoms with E-state index < -0.39 is 0 Å². The third kappa shape index (κ3) is 3.62. The Kier molecular flexibility index (Phi) is 5.08. The summed E-state index contributed by atoms with van der Waals surface area (Å²) < 4.78 is 0. The minimum absolute atomic E-state index is 0.00692. The molecule has 0 spiro atoms. The van der Waals surface area contributed by atoms with E-state index in [0.717, 1.165) is 29.1 Å². The van der Waals surface area contributed by atoms with E-state index in [1.165, 1.54) is 24.2 Å². The van der Waals surface area contributed by atoms with Crippen molar-refractivity contribution in [3.8, 4) is 10.6 Å². The number of aryl methyl sites for hydroxylation is 1. The number of carbonyl (C=O) groups excluding carboxylic acids is 1. The van der Waals surface area contributed by atoms with Crippen LogP contribution >= 0.6 is 11.3 Å². The molecule has 0 saturated heterocycles. The molecule has 1 aromatic carbocycles. The van der Waals surface area contributed by atoms with E-state index in [-0.39, 0.29) is 11.9 Å². The molecule has 2 atom stereocenters. The number of hydrogen-bond donors (Lipinski definition) is 2. The first kappa shape index (κ1) is 16.1. The fourth-order valence-electron chi connectivity index (χ4n) is 3.23. The molecule has 2 aromatic rings. The molecule has 3 N–H and O–H groups in total. The molecule has 23 heavy (non-hydrogen) atoms. The number of benzene rings is 1. The zero-order chi connectivity index (χ0) is 16.2. The van der Waals surface area contributed by atoms with Crippen molar-refractivity contribution in [2.75, 3.05) is 6.54 Å². The number of nitrogens with one attached hydrogen (secondary N) is 1. The third-order valence-corrected chi connectivity index (χ3v) is 5.76. The third-order valence-electron chi connectivity index (χ3n) is 4.55. The van der Waals surface area contributed by atoms with Gasteiger partial charge in [0.2, 0.25) is 0 Å². The van der Waals surface area contributed by atoms with Gasteiger partial charge in [-0.1, -0.05) is 43.2 Å². The van der Waals surface area contributed by atoms with Crippen molar-refractivity contribution in [2.45, 2.75) is 38.6 Å². The van der Waals surface area contributed by atoms with Gasteiger partial charge in [0.25, 0.3) is 5.91 Å². The number of carbonyl (C=O) groups is 1. The van der Waals surface area contributed by atoms with Crippen LogP contribution in [0.4, 0.5) is 0 Å². The van der Waals surface area contributed by atoms with Crippen LogP contribution in [0.5, 0.6) is 0 Å². The predicted octanol–water partition coefficient (Wildman–Crippen LogP) is 3.37. The standard InChI is InChI=1S/C18H23N3OS/c1-12-16(23-18(20-12)13-7-3-2-4-8-13)17(22)21-15-10-6-5-9-14(15)11-19/h2-4,7-8,14-15H,5-6,9-11,19H2,1H3,(H,21,22). The molecule has 3 rings (SSSR count). The molecule has 1 fully saturated rings. The summed E-state index contributed by atoms with van der Waals surface area (Å²) >= 11 is 1.46. The first-order valence-corrected chi connectivity index (χ1v) is 9.04. The number of hydrogen-bond acceptors (Lipinski definition) is 4. The van der Waals surface area contributed by atoms with Gasteiger partial charge in [0.15, 0.2) is 0 Å². The molecule has 1 aromatic heterocycles. The Labute approximate surface area is 141 Å². The van der Waals surface area contributed by atoms with Gasteiger partial charge in [-0.15, -0.1) is 11.3 Å². The molecule has 0 bridgehead atoms. The second-order valence-electron chi connectivity index (χ2n) is 6.16. The summed E-state index contributed by atoms with van der Waals surface area (Å²) in [6, 6.07) is 10.2. The second kappa shape index (κ2) is 7.23. The van der Waals surface area contributed by atoms with Gasteiger partial charge < -0.3 is 11.1 Å².